The van der Waals surface area contributed by atoms with E-state index in [4.69, 9.17) is 13.9 Å². The zero-order valence-electron chi connectivity index (χ0n) is 17.1. The van der Waals surface area contributed by atoms with Crippen molar-refractivity contribution >= 4 is 11.8 Å². The van der Waals surface area contributed by atoms with Gasteiger partial charge < -0.3 is 24.1 Å². The lowest BCUT2D eigenvalue weighted by Crippen LogP contribution is -2.40. The second-order valence-electron chi connectivity index (χ2n) is 7.04. The average molecular weight is 402 g/mol. The molecule has 156 valence electrons. The number of hydrogen-bond acceptors (Lipinski definition) is 7. The van der Waals surface area contributed by atoms with Crippen LogP contribution in [0, 0.1) is 6.92 Å². The molecule has 0 saturated carbocycles. The Morgan fingerprint density at radius 1 is 1.28 bits per heavy atom. The molecule has 2 heterocycles. The second-order valence-corrected chi connectivity index (χ2v) is 7.04. The van der Waals surface area contributed by atoms with Gasteiger partial charge in [-0.2, -0.15) is 0 Å². The van der Waals surface area contributed by atoms with Gasteiger partial charge in [-0.05, 0) is 25.1 Å². The maximum absolute atomic E-state index is 12.9. The van der Waals surface area contributed by atoms with Gasteiger partial charge in [-0.3, -0.25) is 9.59 Å². The SMILES string of the molecule is COc1ccc(OC2CCN(C(C)=O)CC2)c(C(=O)NC(C)c2nnc(C)o2)c1. The minimum absolute atomic E-state index is 0.0678. The Labute approximate surface area is 169 Å². The molecule has 9 nitrogen and oxygen atoms in total. The molecule has 1 atom stereocenters. The summed E-state index contributed by atoms with van der Waals surface area (Å²) in [5.41, 5.74) is 0.362. The number of benzene rings is 1. The third kappa shape index (κ3) is 5.04. The summed E-state index contributed by atoms with van der Waals surface area (Å²) in [6.07, 6.45) is 1.36. The van der Waals surface area contributed by atoms with Crippen LogP contribution in [0.2, 0.25) is 0 Å². The summed E-state index contributed by atoms with van der Waals surface area (Å²) in [6.45, 7) is 6.31. The molecule has 1 aromatic carbocycles. The molecule has 1 unspecified atom stereocenters. The Kier molecular flexibility index (Phi) is 6.36. The Morgan fingerprint density at radius 2 is 2.00 bits per heavy atom. The first kappa shape index (κ1) is 20.6. The predicted octanol–water partition coefficient (Wildman–Crippen LogP) is 2.27. The van der Waals surface area contributed by atoms with Crippen LogP contribution in [-0.2, 0) is 4.79 Å². The van der Waals surface area contributed by atoms with E-state index in [-0.39, 0.29) is 17.9 Å². The molecular weight excluding hydrogens is 376 g/mol. The number of nitrogens with one attached hydrogen (secondary N) is 1. The van der Waals surface area contributed by atoms with Crippen LogP contribution in [0.5, 0.6) is 11.5 Å². The number of aryl methyl sites for hydroxylation is 1. The van der Waals surface area contributed by atoms with Gasteiger partial charge in [0, 0.05) is 39.8 Å². The lowest BCUT2D eigenvalue weighted by Gasteiger charge is -2.31. The molecule has 1 aliphatic heterocycles. The van der Waals surface area contributed by atoms with Gasteiger partial charge in [0.1, 0.15) is 23.6 Å². The number of aromatic nitrogens is 2. The summed E-state index contributed by atoms with van der Waals surface area (Å²) < 4.78 is 16.8. The molecule has 0 radical (unpaired) electrons. The van der Waals surface area contributed by atoms with E-state index in [0.717, 1.165) is 0 Å². The monoisotopic (exact) mass is 402 g/mol. The summed E-state index contributed by atoms with van der Waals surface area (Å²) in [5, 5.41) is 10.6. The normalized spacial score (nSPS) is 15.7. The molecule has 1 fully saturated rings. The molecule has 3 rings (SSSR count). The molecule has 0 spiro atoms. The van der Waals surface area contributed by atoms with Crippen LogP contribution < -0.4 is 14.8 Å². The van der Waals surface area contributed by atoms with Crippen LogP contribution in [0.1, 0.15) is 54.9 Å². The Bertz CT molecular complexity index is 874. The van der Waals surface area contributed by atoms with Gasteiger partial charge in [0.15, 0.2) is 0 Å². The summed E-state index contributed by atoms with van der Waals surface area (Å²) >= 11 is 0. The highest BCUT2D eigenvalue weighted by molar-refractivity contribution is 5.97. The van der Waals surface area contributed by atoms with Gasteiger partial charge >= 0.3 is 0 Å². The molecule has 9 heteroatoms. The number of ether oxygens (including phenoxy) is 2. The fraction of sp³-hybridized carbons (Fsp3) is 0.500. The number of piperidine rings is 1. The maximum Gasteiger partial charge on any atom is 0.255 e. The zero-order chi connectivity index (χ0) is 21.0. The first-order chi connectivity index (χ1) is 13.9. The van der Waals surface area contributed by atoms with Crippen molar-refractivity contribution in [2.45, 2.75) is 45.8 Å². The van der Waals surface area contributed by atoms with Crippen LogP contribution in [0.4, 0.5) is 0 Å². The quantitative estimate of drug-likeness (QED) is 0.790. The van der Waals surface area contributed by atoms with Crippen LogP contribution in [0.15, 0.2) is 22.6 Å². The number of nitrogens with zero attached hydrogens (tertiary/aromatic N) is 3. The van der Waals surface area contributed by atoms with E-state index in [2.05, 4.69) is 15.5 Å². The fourth-order valence-electron chi connectivity index (χ4n) is 3.21. The minimum Gasteiger partial charge on any atom is -0.497 e. The van der Waals surface area contributed by atoms with Gasteiger partial charge in [-0.25, -0.2) is 0 Å². The molecule has 1 aliphatic rings. The third-order valence-electron chi connectivity index (χ3n) is 4.87. The lowest BCUT2D eigenvalue weighted by molar-refractivity contribution is -0.130. The van der Waals surface area contributed by atoms with Crippen molar-refractivity contribution < 1.29 is 23.5 Å². The van der Waals surface area contributed by atoms with E-state index in [1.807, 2.05) is 0 Å². The predicted molar refractivity (Wildman–Crippen MR) is 104 cm³/mol. The first-order valence-electron chi connectivity index (χ1n) is 9.58. The van der Waals surface area contributed by atoms with Crippen LogP contribution in [0.3, 0.4) is 0 Å². The maximum atomic E-state index is 12.9. The van der Waals surface area contributed by atoms with Gasteiger partial charge in [0.25, 0.3) is 5.91 Å². The Hall–Kier alpha value is -3.10. The highest BCUT2D eigenvalue weighted by Gasteiger charge is 2.25. The Morgan fingerprint density at radius 3 is 2.59 bits per heavy atom. The molecular formula is C20H26N4O5. The molecule has 1 aromatic heterocycles. The van der Waals surface area contributed by atoms with Crippen LogP contribution >= 0.6 is 0 Å². The van der Waals surface area contributed by atoms with E-state index >= 15 is 0 Å². The van der Waals surface area contributed by atoms with E-state index < -0.39 is 6.04 Å². The van der Waals surface area contributed by atoms with E-state index in [0.29, 0.717) is 54.8 Å². The second kappa shape index (κ2) is 8.93. The van der Waals surface area contributed by atoms with Gasteiger partial charge in [-0.15, -0.1) is 10.2 Å². The number of carbonyl (C=O) groups is 2. The number of amides is 2. The van der Waals surface area contributed by atoms with E-state index in [9.17, 15) is 9.59 Å². The first-order valence-corrected chi connectivity index (χ1v) is 9.58. The van der Waals surface area contributed by atoms with Crippen molar-refractivity contribution in [3.8, 4) is 11.5 Å². The zero-order valence-corrected chi connectivity index (χ0v) is 17.1. The average Bonchev–Trinajstić information content (AvgIpc) is 3.15. The molecule has 2 aromatic rings. The van der Waals surface area contributed by atoms with Crippen molar-refractivity contribution in [3.63, 3.8) is 0 Å². The largest absolute Gasteiger partial charge is 0.497 e. The minimum atomic E-state index is -0.457. The molecule has 0 aliphatic carbocycles. The third-order valence-corrected chi connectivity index (χ3v) is 4.87. The molecule has 1 N–H and O–H groups in total. The lowest BCUT2D eigenvalue weighted by atomic mass is 10.1. The van der Waals surface area contributed by atoms with Crippen LogP contribution in [0.25, 0.3) is 0 Å². The van der Waals surface area contributed by atoms with Crippen molar-refractivity contribution in [3.05, 3.63) is 35.5 Å². The summed E-state index contributed by atoms with van der Waals surface area (Å²) in [6, 6.07) is 4.66. The van der Waals surface area contributed by atoms with Gasteiger partial charge in [0.05, 0.1) is 12.7 Å². The van der Waals surface area contributed by atoms with E-state index in [1.54, 1.807) is 51.0 Å². The van der Waals surface area contributed by atoms with E-state index in [1.165, 1.54) is 0 Å². The summed E-state index contributed by atoms with van der Waals surface area (Å²) in [4.78, 5) is 26.2. The topological polar surface area (TPSA) is 107 Å². The Balaban J connectivity index is 1.73. The standard InChI is InChI=1S/C20H26N4O5/c1-12(20-23-22-13(2)28-20)21-19(26)17-11-16(27-4)5-6-18(17)29-15-7-9-24(10-8-15)14(3)25/h5-6,11-12,15H,7-10H2,1-4H3,(H,21,26). The van der Waals surface area contributed by atoms with Crippen molar-refractivity contribution in [2.24, 2.45) is 0 Å². The highest BCUT2D eigenvalue weighted by Crippen LogP contribution is 2.28. The molecule has 2 amide bonds. The van der Waals surface area contributed by atoms with Gasteiger partial charge in [0.2, 0.25) is 17.7 Å². The number of hydrogen-bond donors (Lipinski definition) is 1. The van der Waals surface area contributed by atoms with Gasteiger partial charge in [-0.1, -0.05) is 0 Å². The van der Waals surface area contributed by atoms with Crippen LogP contribution in [-0.4, -0.2) is 53.2 Å². The molecule has 1 saturated heterocycles. The summed E-state index contributed by atoms with van der Waals surface area (Å²) in [5.74, 6) is 1.52. The number of carbonyl (C=O) groups excluding carboxylic acids is 2. The van der Waals surface area contributed by atoms with Crippen molar-refractivity contribution in [1.82, 2.24) is 20.4 Å². The molecule has 29 heavy (non-hydrogen) atoms. The number of likely N-dealkylation sites (tertiary alicyclic amines) is 1. The smallest absolute Gasteiger partial charge is 0.255 e. The van der Waals surface area contributed by atoms with Crippen molar-refractivity contribution in [2.75, 3.05) is 20.2 Å². The number of rotatable bonds is 6. The molecule has 0 bridgehead atoms. The summed E-state index contributed by atoms with van der Waals surface area (Å²) in [7, 11) is 1.54. The number of methoxy groups -OCH3 is 1. The fourth-order valence-corrected chi connectivity index (χ4v) is 3.21. The van der Waals surface area contributed by atoms with Crippen molar-refractivity contribution in [1.29, 1.82) is 0 Å². The highest BCUT2D eigenvalue weighted by atomic mass is 16.5.